The zero-order valence-corrected chi connectivity index (χ0v) is 14.3. The zero-order chi connectivity index (χ0) is 17.8. The van der Waals surface area contributed by atoms with Crippen LogP contribution in [0.3, 0.4) is 0 Å². The van der Waals surface area contributed by atoms with Gasteiger partial charge >= 0.3 is 5.97 Å². The van der Waals surface area contributed by atoms with Crippen molar-refractivity contribution in [3.8, 4) is 10.4 Å². The number of anilines is 1. The molecule has 126 valence electrons. The maximum absolute atomic E-state index is 12.0. The Balaban J connectivity index is 1.85. The van der Waals surface area contributed by atoms with Crippen LogP contribution in [-0.4, -0.2) is 17.0 Å². The molecule has 0 aliphatic rings. The number of hydrogen-bond donors (Lipinski definition) is 2. The van der Waals surface area contributed by atoms with Gasteiger partial charge in [0.25, 0.3) is 0 Å². The molecule has 0 unspecified atom stereocenters. The molecule has 7 heteroatoms. The van der Waals surface area contributed by atoms with Crippen LogP contribution in [0, 0.1) is 0 Å². The highest BCUT2D eigenvalue weighted by Crippen LogP contribution is 2.36. The first-order chi connectivity index (χ1) is 12.0. The van der Waals surface area contributed by atoms with Crippen LogP contribution in [0.2, 0.25) is 5.02 Å². The molecule has 0 saturated carbocycles. The number of furan rings is 1. The fourth-order valence-corrected chi connectivity index (χ4v) is 3.32. The largest absolute Gasteiger partial charge is 0.478 e. The summed E-state index contributed by atoms with van der Waals surface area (Å²) < 4.78 is 5.10. The van der Waals surface area contributed by atoms with Gasteiger partial charge < -0.3 is 14.8 Å². The smallest absolute Gasteiger partial charge is 0.339 e. The minimum absolute atomic E-state index is 0.0482. The zero-order valence-electron chi connectivity index (χ0n) is 12.7. The maximum Gasteiger partial charge on any atom is 0.339 e. The van der Waals surface area contributed by atoms with Gasteiger partial charge in [0.05, 0.1) is 16.8 Å². The minimum Gasteiger partial charge on any atom is -0.478 e. The van der Waals surface area contributed by atoms with Crippen molar-refractivity contribution in [2.75, 3.05) is 5.32 Å². The summed E-state index contributed by atoms with van der Waals surface area (Å²) in [7, 11) is 0. The summed E-state index contributed by atoms with van der Waals surface area (Å²) in [6, 6.07) is 10.3. The van der Waals surface area contributed by atoms with Crippen molar-refractivity contribution < 1.29 is 19.1 Å². The number of carboxylic acid groups (broad SMARTS) is 1. The lowest BCUT2D eigenvalue weighted by Gasteiger charge is -2.04. The average molecular weight is 374 g/mol. The van der Waals surface area contributed by atoms with E-state index in [2.05, 4.69) is 5.32 Å². The van der Waals surface area contributed by atoms with Crippen molar-refractivity contribution in [1.82, 2.24) is 0 Å². The summed E-state index contributed by atoms with van der Waals surface area (Å²) in [6.07, 6.45) is 4.28. The number of hydrogen-bond acceptors (Lipinski definition) is 4. The number of rotatable bonds is 5. The number of nitrogens with one attached hydrogen (secondary N) is 1. The van der Waals surface area contributed by atoms with Crippen molar-refractivity contribution in [3.05, 3.63) is 70.5 Å². The van der Waals surface area contributed by atoms with Crippen LogP contribution in [0.15, 0.2) is 58.5 Å². The van der Waals surface area contributed by atoms with Crippen LogP contribution < -0.4 is 5.32 Å². The first kappa shape index (κ1) is 17.0. The highest BCUT2D eigenvalue weighted by atomic mass is 35.5. The quantitative estimate of drug-likeness (QED) is 0.616. The second kappa shape index (κ2) is 7.38. The third-order valence-corrected chi connectivity index (χ3v) is 4.59. The Bertz CT molecular complexity index is 927. The molecule has 0 fully saturated rings. The highest BCUT2D eigenvalue weighted by Gasteiger charge is 2.20. The summed E-state index contributed by atoms with van der Waals surface area (Å²) in [4.78, 5) is 24.2. The van der Waals surface area contributed by atoms with E-state index in [9.17, 15) is 14.7 Å². The second-order valence-corrected chi connectivity index (χ2v) is 6.32. The van der Waals surface area contributed by atoms with Crippen molar-refractivity contribution in [2.24, 2.45) is 0 Å². The Morgan fingerprint density at radius 2 is 1.96 bits per heavy atom. The van der Waals surface area contributed by atoms with Gasteiger partial charge in [0.2, 0.25) is 5.91 Å². The Morgan fingerprint density at radius 3 is 2.60 bits per heavy atom. The number of carboxylic acids is 1. The number of halogens is 1. The van der Waals surface area contributed by atoms with E-state index in [-0.39, 0.29) is 11.3 Å². The highest BCUT2D eigenvalue weighted by molar-refractivity contribution is 7.14. The predicted molar refractivity (Wildman–Crippen MR) is 98.1 cm³/mol. The molecule has 1 aromatic carbocycles. The van der Waals surface area contributed by atoms with Crippen LogP contribution in [-0.2, 0) is 4.79 Å². The topological polar surface area (TPSA) is 79.5 Å². The van der Waals surface area contributed by atoms with Gasteiger partial charge in [0.15, 0.2) is 0 Å². The first-order valence-electron chi connectivity index (χ1n) is 7.18. The SMILES string of the molecule is O=C(/C=C/c1ccco1)Nc1csc(-c2ccc(Cl)cc2)c1C(=O)O. The lowest BCUT2D eigenvalue weighted by molar-refractivity contribution is -0.111. The normalized spacial score (nSPS) is 10.9. The summed E-state index contributed by atoms with van der Waals surface area (Å²) in [5.41, 5.74) is 1.02. The van der Waals surface area contributed by atoms with Gasteiger partial charge in [-0.15, -0.1) is 11.3 Å². The van der Waals surface area contributed by atoms with Crippen molar-refractivity contribution >= 4 is 46.6 Å². The summed E-state index contributed by atoms with van der Waals surface area (Å²) >= 11 is 7.11. The molecular weight excluding hydrogens is 362 g/mol. The fraction of sp³-hybridized carbons (Fsp3) is 0. The standard InChI is InChI=1S/C18H12ClNO4S/c19-12-5-3-11(4-6-12)17-16(18(22)23)14(10-25-17)20-15(21)8-7-13-2-1-9-24-13/h1-10H,(H,20,21)(H,22,23)/b8-7+. The van der Waals surface area contributed by atoms with Crippen LogP contribution in [0.4, 0.5) is 5.69 Å². The first-order valence-corrected chi connectivity index (χ1v) is 8.43. The molecule has 25 heavy (non-hydrogen) atoms. The second-order valence-electron chi connectivity index (χ2n) is 5.00. The lowest BCUT2D eigenvalue weighted by atomic mass is 10.1. The van der Waals surface area contributed by atoms with E-state index >= 15 is 0 Å². The van der Waals surface area contributed by atoms with E-state index in [1.54, 1.807) is 41.8 Å². The predicted octanol–water partition coefficient (Wildman–Crippen LogP) is 5.01. The molecule has 3 aromatic rings. The number of carbonyl (C=O) groups excluding carboxylic acids is 1. The summed E-state index contributed by atoms with van der Waals surface area (Å²) in [5, 5.41) is 14.3. The van der Waals surface area contributed by atoms with Gasteiger partial charge in [-0.05, 0) is 35.9 Å². The molecule has 2 aromatic heterocycles. The molecular formula is C18H12ClNO4S. The lowest BCUT2D eigenvalue weighted by Crippen LogP contribution is -2.10. The number of thiophene rings is 1. The van der Waals surface area contributed by atoms with Crippen molar-refractivity contribution in [1.29, 1.82) is 0 Å². The molecule has 0 aliphatic carbocycles. The van der Waals surface area contributed by atoms with E-state index in [1.165, 1.54) is 29.8 Å². The van der Waals surface area contributed by atoms with Crippen LogP contribution >= 0.6 is 22.9 Å². The molecule has 2 heterocycles. The molecule has 1 amide bonds. The molecule has 0 saturated heterocycles. The van der Waals surface area contributed by atoms with Gasteiger partial charge in [-0.25, -0.2) is 4.79 Å². The van der Waals surface area contributed by atoms with E-state index in [4.69, 9.17) is 16.0 Å². The van der Waals surface area contributed by atoms with Gasteiger partial charge in [-0.2, -0.15) is 0 Å². The fourth-order valence-electron chi connectivity index (χ4n) is 2.19. The monoisotopic (exact) mass is 373 g/mol. The molecule has 5 nitrogen and oxygen atoms in total. The Kier molecular flexibility index (Phi) is 5.02. The van der Waals surface area contributed by atoms with Gasteiger partial charge in [0, 0.05) is 16.5 Å². The molecule has 2 N–H and O–H groups in total. The number of carbonyl (C=O) groups is 2. The number of aromatic carboxylic acids is 1. The summed E-state index contributed by atoms with van der Waals surface area (Å²) in [5.74, 6) is -1.03. The summed E-state index contributed by atoms with van der Waals surface area (Å²) in [6.45, 7) is 0. The number of benzene rings is 1. The Labute approximate surface area is 152 Å². The molecule has 0 spiro atoms. The minimum atomic E-state index is -1.11. The molecule has 0 aliphatic heterocycles. The van der Waals surface area contributed by atoms with Crippen LogP contribution in [0.5, 0.6) is 0 Å². The molecule has 0 bridgehead atoms. The third kappa shape index (κ3) is 3.99. The van der Waals surface area contributed by atoms with Gasteiger partial charge in [-0.1, -0.05) is 23.7 Å². The van der Waals surface area contributed by atoms with Crippen molar-refractivity contribution in [3.63, 3.8) is 0 Å². The maximum atomic E-state index is 12.0. The van der Waals surface area contributed by atoms with Crippen LogP contribution in [0.1, 0.15) is 16.1 Å². The van der Waals surface area contributed by atoms with E-state index < -0.39 is 11.9 Å². The average Bonchev–Trinajstić information content (AvgIpc) is 3.23. The van der Waals surface area contributed by atoms with Gasteiger partial charge in [-0.3, -0.25) is 4.79 Å². The van der Waals surface area contributed by atoms with E-state index in [0.29, 0.717) is 15.7 Å². The Hall–Kier alpha value is -2.83. The van der Waals surface area contributed by atoms with Gasteiger partial charge in [0.1, 0.15) is 11.3 Å². The van der Waals surface area contributed by atoms with Crippen LogP contribution in [0.25, 0.3) is 16.5 Å². The van der Waals surface area contributed by atoms with Crippen molar-refractivity contribution in [2.45, 2.75) is 0 Å². The Morgan fingerprint density at radius 1 is 1.20 bits per heavy atom. The molecule has 3 rings (SSSR count). The van der Waals surface area contributed by atoms with E-state index in [1.807, 2.05) is 0 Å². The number of amides is 1. The molecule has 0 radical (unpaired) electrons. The van der Waals surface area contributed by atoms with E-state index in [0.717, 1.165) is 5.56 Å². The molecule has 0 atom stereocenters. The third-order valence-electron chi connectivity index (χ3n) is 3.31.